The van der Waals surface area contributed by atoms with Gasteiger partial charge in [0.15, 0.2) is 28.1 Å². The van der Waals surface area contributed by atoms with E-state index in [1.165, 1.54) is 11.3 Å². The number of methoxy groups -OCH3 is 2. The zero-order valence-corrected chi connectivity index (χ0v) is 21.5. The van der Waals surface area contributed by atoms with Crippen molar-refractivity contribution in [3.05, 3.63) is 35.9 Å². The number of fused-ring (bicyclic) bond motifs is 2. The highest BCUT2D eigenvalue weighted by Crippen LogP contribution is 2.38. The lowest BCUT2D eigenvalue weighted by Crippen LogP contribution is -2.38. The van der Waals surface area contributed by atoms with Crippen LogP contribution in [0.5, 0.6) is 23.0 Å². The van der Waals surface area contributed by atoms with Crippen LogP contribution in [-0.2, 0) is 0 Å². The van der Waals surface area contributed by atoms with E-state index in [0.29, 0.717) is 53.5 Å². The number of thiazole rings is 1. The van der Waals surface area contributed by atoms with E-state index in [1.54, 1.807) is 37.3 Å². The highest BCUT2D eigenvalue weighted by atomic mass is 35.5. The number of hydrogen-bond acceptors (Lipinski definition) is 8. The van der Waals surface area contributed by atoms with Crippen LogP contribution in [0, 0.1) is 0 Å². The van der Waals surface area contributed by atoms with Crippen LogP contribution in [0.1, 0.15) is 24.2 Å². The van der Waals surface area contributed by atoms with Gasteiger partial charge in [-0.1, -0.05) is 25.2 Å². The van der Waals surface area contributed by atoms with E-state index >= 15 is 0 Å². The van der Waals surface area contributed by atoms with Gasteiger partial charge in [0.1, 0.15) is 13.2 Å². The van der Waals surface area contributed by atoms with Crippen LogP contribution in [0.3, 0.4) is 0 Å². The summed E-state index contributed by atoms with van der Waals surface area (Å²) in [5, 5.41) is 0.632. The fourth-order valence-electron chi connectivity index (χ4n) is 3.76. The summed E-state index contributed by atoms with van der Waals surface area (Å²) in [6.45, 7) is 8.30. The summed E-state index contributed by atoms with van der Waals surface area (Å²) in [5.74, 6) is 2.36. The molecule has 1 aliphatic rings. The third-order valence-electron chi connectivity index (χ3n) is 5.68. The van der Waals surface area contributed by atoms with Crippen LogP contribution < -0.4 is 23.8 Å². The van der Waals surface area contributed by atoms with Gasteiger partial charge in [0.25, 0.3) is 5.91 Å². The molecule has 0 unspecified atom stereocenters. The molecule has 2 aromatic carbocycles. The number of carbonyl (C=O) groups is 1. The molecule has 0 bridgehead atoms. The molecule has 1 aliphatic heterocycles. The maximum absolute atomic E-state index is 13.7. The monoisotopic (exact) mass is 507 g/mol. The number of anilines is 1. The van der Waals surface area contributed by atoms with Crippen molar-refractivity contribution in [1.82, 2.24) is 9.88 Å². The first-order chi connectivity index (χ1) is 16.1. The van der Waals surface area contributed by atoms with Crippen molar-refractivity contribution in [2.75, 3.05) is 58.5 Å². The van der Waals surface area contributed by atoms with Gasteiger partial charge in [-0.05, 0) is 31.3 Å². The Labute approximate surface area is 209 Å². The smallest absolute Gasteiger partial charge is 0.260 e. The molecule has 1 aromatic heterocycles. The second-order valence-electron chi connectivity index (χ2n) is 7.51. The Bertz CT molecular complexity index is 1090. The van der Waals surface area contributed by atoms with Gasteiger partial charge in [-0.2, -0.15) is 0 Å². The van der Waals surface area contributed by atoms with Crippen molar-refractivity contribution < 1.29 is 23.7 Å². The number of rotatable bonds is 9. The molecule has 0 radical (unpaired) electrons. The third-order valence-corrected chi connectivity index (χ3v) is 6.72. The number of carbonyl (C=O) groups excluding carboxylic acids is 1. The van der Waals surface area contributed by atoms with Crippen molar-refractivity contribution in [2.24, 2.45) is 0 Å². The Balaban J connectivity index is 0.00000324. The predicted molar refractivity (Wildman–Crippen MR) is 137 cm³/mol. The highest BCUT2D eigenvalue weighted by Gasteiger charge is 2.24. The Hall–Kier alpha value is -2.75. The van der Waals surface area contributed by atoms with E-state index in [-0.39, 0.29) is 18.3 Å². The summed E-state index contributed by atoms with van der Waals surface area (Å²) >= 11 is 1.46. The minimum atomic E-state index is -0.128. The molecular formula is C24H30ClN3O5S. The molecule has 1 amide bonds. The predicted octanol–water partition coefficient (Wildman–Crippen LogP) is 4.50. The first kappa shape index (κ1) is 25.9. The number of halogens is 1. The largest absolute Gasteiger partial charge is 0.493 e. The van der Waals surface area contributed by atoms with Crippen molar-refractivity contribution in [2.45, 2.75) is 13.8 Å². The quantitative estimate of drug-likeness (QED) is 0.422. The van der Waals surface area contributed by atoms with Crippen molar-refractivity contribution in [1.29, 1.82) is 0 Å². The number of ether oxygens (including phenoxy) is 4. The first-order valence-electron chi connectivity index (χ1n) is 11.0. The molecule has 0 fully saturated rings. The summed E-state index contributed by atoms with van der Waals surface area (Å²) in [6.07, 6.45) is 0. The topological polar surface area (TPSA) is 73.4 Å². The number of nitrogens with zero attached hydrogens (tertiary/aromatic N) is 3. The maximum Gasteiger partial charge on any atom is 0.260 e. The molecule has 0 spiro atoms. The standard InChI is InChI=1S/C24H29N3O5S.ClH/c1-5-26(6-2)9-10-27(23(28)16-7-8-18-21(13-16)32-12-11-31-18)24-25-17-14-19(29-3)20(30-4)15-22(17)33-24;/h7-8,13-15H,5-6,9-12H2,1-4H3;1H. The average Bonchev–Trinajstić information content (AvgIpc) is 3.27. The molecule has 0 aliphatic carbocycles. The lowest BCUT2D eigenvalue weighted by atomic mass is 10.1. The van der Waals surface area contributed by atoms with Crippen molar-refractivity contribution >= 4 is 45.0 Å². The normalized spacial score (nSPS) is 12.4. The number of hydrogen-bond donors (Lipinski definition) is 0. The van der Waals surface area contributed by atoms with E-state index in [0.717, 1.165) is 29.9 Å². The summed E-state index contributed by atoms with van der Waals surface area (Å²) in [6, 6.07) is 9.05. The number of likely N-dealkylation sites (N-methyl/N-ethyl adjacent to an activating group) is 1. The number of aromatic nitrogens is 1. The van der Waals surface area contributed by atoms with E-state index < -0.39 is 0 Å². The lowest BCUT2D eigenvalue weighted by Gasteiger charge is -2.25. The minimum Gasteiger partial charge on any atom is -0.493 e. The zero-order valence-electron chi connectivity index (χ0n) is 19.8. The van der Waals surface area contributed by atoms with Crippen LogP contribution in [0.25, 0.3) is 10.2 Å². The Morgan fingerprint density at radius 2 is 1.68 bits per heavy atom. The van der Waals surface area contributed by atoms with E-state index in [1.807, 2.05) is 12.1 Å². The van der Waals surface area contributed by atoms with E-state index in [2.05, 4.69) is 18.7 Å². The van der Waals surface area contributed by atoms with Crippen LogP contribution >= 0.6 is 23.7 Å². The molecule has 0 atom stereocenters. The lowest BCUT2D eigenvalue weighted by molar-refractivity contribution is 0.0982. The molecule has 10 heteroatoms. The van der Waals surface area contributed by atoms with Gasteiger partial charge in [0.2, 0.25) is 0 Å². The van der Waals surface area contributed by atoms with Gasteiger partial charge in [-0.15, -0.1) is 12.4 Å². The second kappa shape index (κ2) is 11.6. The molecule has 2 heterocycles. The fraction of sp³-hybridized carbons (Fsp3) is 0.417. The highest BCUT2D eigenvalue weighted by molar-refractivity contribution is 7.22. The Morgan fingerprint density at radius 3 is 2.35 bits per heavy atom. The van der Waals surface area contributed by atoms with Crippen LogP contribution in [0.4, 0.5) is 5.13 Å². The van der Waals surface area contributed by atoms with Gasteiger partial charge >= 0.3 is 0 Å². The second-order valence-corrected chi connectivity index (χ2v) is 8.52. The maximum atomic E-state index is 13.7. The average molecular weight is 508 g/mol. The minimum absolute atomic E-state index is 0. The Morgan fingerprint density at radius 1 is 1.00 bits per heavy atom. The molecule has 0 saturated carbocycles. The molecule has 184 valence electrons. The van der Waals surface area contributed by atoms with Gasteiger partial charge in [0, 0.05) is 30.8 Å². The van der Waals surface area contributed by atoms with Crippen molar-refractivity contribution in [3.63, 3.8) is 0 Å². The zero-order chi connectivity index (χ0) is 23.4. The molecule has 3 aromatic rings. The SMILES string of the molecule is CCN(CC)CCN(C(=O)c1ccc2c(c1)OCCO2)c1nc2cc(OC)c(OC)cc2s1.Cl. The summed E-state index contributed by atoms with van der Waals surface area (Å²) in [5.41, 5.74) is 1.30. The molecular weight excluding hydrogens is 478 g/mol. The van der Waals surface area contributed by atoms with Crippen LogP contribution in [0.2, 0.25) is 0 Å². The molecule has 0 saturated heterocycles. The first-order valence-corrected chi connectivity index (χ1v) is 11.9. The molecule has 0 N–H and O–H groups in total. The summed E-state index contributed by atoms with van der Waals surface area (Å²) in [4.78, 5) is 22.5. The fourth-order valence-corrected chi connectivity index (χ4v) is 4.76. The van der Waals surface area contributed by atoms with Gasteiger partial charge in [-0.25, -0.2) is 4.98 Å². The molecule has 4 rings (SSSR count). The summed E-state index contributed by atoms with van der Waals surface area (Å²) < 4.78 is 23.1. The molecule has 34 heavy (non-hydrogen) atoms. The van der Waals surface area contributed by atoms with Crippen LogP contribution in [-0.4, -0.2) is 69.4 Å². The van der Waals surface area contributed by atoms with E-state index in [4.69, 9.17) is 23.9 Å². The molecule has 8 nitrogen and oxygen atoms in total. The summed E-state index contributed by atoms with van der Waals surface area (Å²) in [7, 11) is 3.20. The number of amides is 1. The van der Waals surface area contributed by atoms with E-state index in [9.17, 15) is 4.79 Å². The number of benzene rings is 2. The van der Waals surface area contributed by atoms with Gasteiger partial charge < -0.3 is 23.8 Å². The Kier molecular flexibility index (Phi) is 8.82. The van der Waals surface area contributed by atoms with Gasteiger partial charge in [0.05, 0.1) is 24.4 Å². The van der Waals surface area contributed by atoms with Gasteiger partial charge in [-0.3, -0.25) is 9.69 Å². The third kappa shape index (κ3) is 5.32. The van der Waals surface area contributed by atoms with Crippen molar-refractivity contribution in [3.8, 4) is 23.0 Å². The van der Waals surface area contributed by atoms with Crippen LogP contribution in [0.15, 0.2) is 30.3 Å².